The highest BCUT2D eigenvalue weighted by Crippen LogP contribution is 2.55. The molecule has 1 aliphatic rings. The Morgan fingerprint density at radius 2 is 1.82 bits per heavy atom. The molecule has 1 amide bonds. The van der Waals surface area contributed by atoms with E-state index in [0.29, 0.717) is 12.8 Å². The SMILES string of the molecule is Cc1ccc(NC(=O)[C@H]2CC[C@@](C)(C(=O)[O-])C2(C)C)cc1C. The topological polar surface area (TPSA) is 69.2 Å². The first kappa shape index (κ1) is 16.5. The second-order valence-corrected chi connectivity index (χ2v) is 7.22. The highest BCUT2D eigenvalue weighted by atomic mass is 16.4. The maximum absolute atomic E-state index is 12.6. The van der Waals surface area contributed by atoms with Crippen LogP contribution >= 0.6 is 0 Å². The molecule has 0 bridgehead atoms. The van der Waals surface area contributed by atoms with E-state index < -0.39 is 16.8 Å². The van der Waals surface area contributed by atoms with E-state index in [-0.39, 0.29) is 11.8 Å². The highest BCUT2D eigenvalue weighted by molar-refractivity contribution is 5.94. The van der Waals surface area contributed by atoms with Crippen molar-refractivity contribution < 1.29 is 14.7 Å². The summed E-state index contributed by atoms with van der Waals surface area (Å²) in [6, 6.07) is 5.78. The van der Waals surface area contributed by atoms with Crippen molar-refractivity contribution in [3.8, 4) is 0 Å². The van der Waals surface area contributed by atoms with Crippen LogP contribution in [0.15, 0.2) is 18.2 Å². The largest absolute Gasteiger partial charge is 0.550 e. The fourth-order valence-corrected chi connectivity index (χ4v) is 3.37. The van der Waals surface area contributed by atoms with Gasteiger partial charge in [0.1, 0.15) is 0 Å². The molecular formula is C18H24NO3-. The van der Waals surface area contributed by atoms with Crippen LogP contribution < -0.4 is 10.4 Å². The summed E-state index contributed by atoms with van der Waals surface area (Å²) in [6.07, 6.45) is 1.03. The summed E-state index contributed by atoms with van der Waals surface area (Å²) in [5.74, 6) is -1.52. The van der Waals surface area contributed by atoms with Gasteiger partial charge in [-0.2, -0.15) is 0 Å². The van der Waals surface area contributed by atoms with Crippen molar-refractivity contribution in [3.05, 3.63) is 29.3 Å². The first-order chi connectivity index (χ1) is 10.1. The third-order valence-corrected chi connectivity index (χ3v) is 5.77. The summed E-state index contributed by atoms with van der Waals surface area (Å²) >= 11 is 0. The molecule has 2 rings (SSSR count). The summed E-state index contributed by atoms with van der Waals surface area (Å²) in [6.45, 7) is 9.40. The van der Waals surface area contributed by atoms with E-state index in [1.165, 1.54) is 5.56 Å². The zero-order valence-corrected chi connectivity index (χ0v) is 13.9. The van der Waals surface area contributed by atoms with Crippen molar-refractivity contribution in [1.29, 1.82) is 0 Å². The second-order valence-electron chi connectivity index (χ2n) is 7.22. The first-order valence-corrected chi connectivity index (χ1v) is 7.69. The molecule has 0 saturated heterocycles. The molecule has 2 atom stereocenters. The predicted molar refractivity (Wildman–Crippen MR) is 84.2 cm³/mol. The Kier molecular flexibility index (Phi) is 4.07. The van der Waals surface area contributed by atoms with E-state index >= 15 is 0 Å². The van der Waals surface area contributed by atoms with E-state index in [2.05, 4.69) is 5.32 Å². The van der Waals surface area contributed by atoms with Gasteiger partial charge in [0.25, 0.3) is 0 Å². The molecule has 22 heavy (non-hydrogen) atoms. The van der Waals surface area contributed by atoms with Crippen LogP contribution in [0.3, 0.4) is 0 Å². The number of carboxylic acid groups (broad SMARTS) is 1. The van der Waals surface area contributed by atoms with Crippen molar-refractivity contribution >= 4 is 17.6 Å². The predicted octanol–water partition coefficient (Wildman–Crippen LogP) is 2.43. The Hall–Kier alpha value is -1.84. The van der Waals surface area contributed by atoms with Crippen molar-refractivity contribution in [1.82, 2.24) is 0 Å². The number of amides is 1. The number of aryl methyl sites for hydroxylation is 2. The molecule has 0 unspecified atom stereocenters. The normalized spacial score (nSPS) is 26.7. The molecule has 0 radical (unpaired) electrons. The average Bonchev–Trinajstić information content (AvgIpc) is 2.66. The van der Waals surface area contributed by atoms with Gasteiger partial charge in [0.05, 0.1) is 0 Å². The minimum absolute atomic E-state index is 0.113. The molecule has 1 fully saturated rings. The zero-order valence-electron chi connectivity index (χ0n) is 13.9. The van der Waals surface area contributed by atoms with Gasteiger partial charge in [0.2, 0.25) is 5.91 Å². The number of anilines is 1. The van der Waals surface area contributed by atoms with Gasteiger partial charge >= 0.3 is 0 Å². The molecule has 1 aliphatic carbocycles. The van der Waals surface area contributed by atoms with Crippen molar-refractivity contribution in [2.24, 2.45) is 16.7 Å². The van der Waals surface area contributed by atoms with Crippen LogP contribution in [-0.4, -0.2) is 11.9 Å². The minimum Gasteiger partial charge on any atom is -0.550 e. The van der Waals surface area contributed by atoms with Crippen LogP contribution in [0, 0.1) is 30.6 Å². The summed E-state index contributed by atoms with van der Waals surface area (Å²) < 4.78 is 0. The summed E-state index contributed by atoms with van der Waals surface area (Å²) in [7, 11) is 0. The molecule has 1 N–H and O–H groups in total. The molecule has 120 valence electrons. The Morgan fingerprint density at radius 3 is 2.32 bits per heavy atom. The van der Waals surface area contributed by atoms with Gasteiger partial charge in [-0.3, -0.25) is 4.79 Å². The van der Waals surface area contributed by atoms with E-state index in [1.54, 1.807) is 6.92 Å². The lowest BCUT2D eigenvalue weighted by Crippen LogP contribution is -2.49. The monoisotopic (exact) mass is 302 g/mol. The fourth-order valence-electron chi connectivity index (χ4n) is 3.37. The summed E-state index contributed by atoms with van der Waals surface area (Å²) in [5, 5.41) is 14.4. The lowest BCUT2D eigenvalue weighted by molar-refractivity contribution is -0.323. The number of hydrogen-bond donors (Lipinski definition) is 1. The van der Waals surface area contributed by atoms with Crippen LogP contribution in [0.5, 0.6) is 0 Å². The second kappa shape index (κ2) is 5.41. The van der Waals surface area contributed by atoms with Crippen molar-refractivity contribution in [2.75, 3.05) is 5.32 Å². The van der Waals surface area contributed by atoms with Crippen LogP contribution in [-0.2, 0) is 9.59 Å². The van der Waals surface area contributed by atoms with Gasteiger partial charge in [-0.1, -0.05) is 26.8 Å². The van der Waals surface area contributed by atoms with Gasteiger partial charge in [0.15, 0.2) is 0 Å². The molecule has 1 saturated carbocycles. The molecule has 0 spiro atoms. The number of nitrogens with one attached hydrogen (secondary N) is 1. The minimum atomic E-state index is -1.07. The van der Waals surface area contributed by atoms with Crippen molar-refractivity contribution in [2.45, 2.75) is 47.5 Å². The smallest absolute Gasteiger partial charge is 0.228 e. The third kappa shape index (κ3) is 2.51. The van der Waals surface area contributed by atoms with Crippen LogP contribution in [0.25, 0.3) is 0 Å². The maximum Gasteiger partial charge on any atom is 0.228 e. The first-order valence-electron chi connectivity index (χ1n) is 7.69. The number of carboxylic acids is 1. The molecule has 0 aliphatic heterocycles. The summed E-state index contributed by atoms with van der Waals surface area (Å²) in [5.41, 5.74) is 1.42. The number of aliphatic carboxylic acids is 1. The van der Waals surface area contributed by atoms with E-state index in [0.717, 1.165) is 11.3 Å². The Morgan fingerprint density at radius 1 is 1.18 bits per heavy atom. The Labute approximate surface area is 131 Å². The number of rotatable bonds is 3. The lowest BCUT2D eigenvalue weighted by Gasteiger charge is -2.41. The third-order valence-electron chi connectivity index (χ3n) is 5.77. The quantitative estimate of drug-likeness (QED) is 0.932. The number of carbonyl (C=O) groups is 2. The molecule has 0 heterocycles. The highest BCUT2D eigenvalue weighted by Gasteiger charge is 2.54. The number of carbonyl (C=O) groups excluding carboxylic acids is 2. The Balaban J connectivity index is 2.20. The van der Waals surface area contributed by atoms with Crippen molar-refractivity contribution in [3.63, 3.8) is 0 Å². The Bertz CT molecular complexity index is 621. The van der Waals surface area contributed by atoms with Crippen LogP contribution in [0.4, 0.5) is 5.69 Å². The molecular weight excluding hydrogens is 278 g/mol. The van der Waals surface area contributed by atoms with Crippen LogP contribution in [0.1, 0.15) is 44.7 Å². The summed E-state index contributed by atoms with van der Waals surface area (Å²) in [4.78, 5) is 24.1. The number of hydrogen-bond acceptors (Lipinski definition) is 3. The van der Waals surface area contributed by atoms with Gasteiger partial charge < -0.3 is 15.2 Å². The van der Waals surface area contributed by atoms with E-state index in [4.69, 9.17) is 0 Å². The molecule has 0 aromatic heterocycles. The van der Waals surface area contributed by atoms with Gasteiger partial charge in [0, 0.05) is 23.0 Å². The van der Waals surface area contributed by atoms with E-state index in [1.807, 2.05) is 45.9 Å². The molecule has 4 nitrogen and oxygen atoms in total. The number of benzene rings is 1. The van der Waals surface area contributed by atoms with Gasteiger partial charge in [-0.15, -0.1) is 0 Å². The molecule has 1 aromatic rings. The maximum atomic E-state index is 12.6. The van der Waals surface area contributed by atoms with Crippen LogP contribution in [0.2, 0.25) is 0 Å². The van der Waals surface area contributed by atoms with E-state index in [9.17, 15) is 14.7 Å². The van der Waals surface area contributed by atoms with Gasteiger partial charge in [-0.05, 0) is 55.4 Å². The standard InChI is InChI=1S/C18H25NO3/c1-11-6-7-13(10-12(11)2)19-15(20)14-8-9-18(5,16(21)22)17(14,3)4/h6-7,10,14H,8-9H2,1-5H3,(H,19,20)(H,21,22)/p-1/t14-,18+/m1/s1. The lowest BCUT2D eigenvalue weighted by atomic mass is 9.65. The molecule has 4 heteroatoms. The fraction of sp³-hybridized carbons (Fsp3) is 0.556. The average molecular weight is 302 g/mol. The zero-order chi connectivity index (χ0) is 16.7. The van der Waals surface area contributed by atoms with Gasteiger partial charge in [-0.25, -0.2) is 0 Å². The molecule has 1 aromatic carbocycles.